The first kappa shape index (κ1) is 14.0. The fourth-order valence-electron chi connectivity index (χ4n) is 1.42. The monoisotopic (exact) mass is 251 g/mol. The van der Waals surface area contributed by atoms with E-state index in [1.807, 2.05) is 0 Å². The van der Waals surface area contributed by atoms with Crippen molar-refractivity contribution in [2.24, 2.45) is 0 Å². The summed E-state index contributed by atoms with van der Waals surface area (Å²) in [5.41, 5.74) is 0.631. The minimum atomic E-state index is -0.760. The lowest BCUT2D eigenvalue weighted by Gasteiger charge is -2.15. The number of benzene rings is 1. The highest BCUT2D eigenvalue weighted by molar-refractivity contribution is 5.95. The molecule has 0 spiro atoms. The lowest BCUT2D eigenvalue weighted by Crippen LogP contribution is -2.31. The summed E-state index contributed by atoms with van der Waals surface area (Å²) in [5, 5.41) is 2.68. The number of hydrogen-bond donors (Lipinski definition) is 1. The summed E-state index contributed by atoms with van der Waals surface area (Å²) in [4.78, 5) is 22.6. The van der Waals surface area contributed by atoms with Gasteiger partial charge in [0.1, 0.15) is 5.75 Å². The van der Waals surface area contributed by atoms with Crippen LogP contribution >= 0.6 is 0 Å². The van der Waals surface area contributed by atoms with Gasteiger partial charge in [-0.25, -0.2) is 0 Å². The Labute approximate surface area is 106 Å². The first-order valence-corrected chi connectivity index (χ1v) is 5.69. The van der Waals surface area contributed by atoms with Crippen LogP contribution in [0.1, 0.15) is 20.3 Å². The molecule has 1 rings (SSSR count). The molecule has 5 heteroatoms. The summed E-state index contributed by atoms with van der Waals surface area (Å²) < 4.78 is 9.92. The minimum Gasteiger partial charge on any atom is -0.497 e. The van der Waals surface area contributed by atoms with E-state index in [0.717, 1.165) is 0 Å². The van der Waals surface area contributed by atoms with Crippen LogP contribution in [0.2, 0.25) is 0 Å². The third kappa shape index (κ3) is 4.08. The highest BCUT2D eigenvalue weighted by atomic mass is 16.5. The van der Waals surface area contributed by atoms with E-state index in [1.165, 1.54) is 6.92 Å². The van der Waals surface area contributed by atoms with Crippen LogP contribution in [0.15, 0.2) is 24.3 Å². The van der Waals surface area contributed by atoms with Crippen molar-refractivity contribution in [1.82, 2.24) is 0 Å². The zero-order valence-electron chi connectivity index (χ0n) is 10.7. The second-order valence-electron chi connectivity index (χ2n) is 3.72. The first-order chi connectivity index (χ1) is 8.56. The van der Waals surface area contributed by atoms with Crippen molar-refractivity contribution in [1.29, 1.82) is 0 Å². The maximum absolute atomic E-state index is 11.8. The number of carbonyl (C=O) groups is 2. The molecular formula is C13H17NO4. The molecule has 5 nitrogen and oxygen atoms in total. The predicted octanol–water partition coefficient (Wildman–Crippen LogP) is 1.98. The molecule has 0 bridgehead atoms. The van der Waals surface area contributed by atoms with Crippen LogP contribution < -0.4 is 10.1 Å². The largest absolute Gasteiger partial charge is 0.497 e. The molecule has 0 aromatic heterocycles. The molecule has 1 atom stereocenters. The molecule has 98 valence electrons. The van der Waals surface area contributed by atoms with Crippen molar-refractivity contribution in [3.63, 3.8) is 0 Å². The molecule has 1 aromatic rings. The van der Waals surface area contributed by atoms with Crippen molar-refractivity contribution >= 4 is 17.6 Å². The maximum atomic E-state index is 11.8. The Bertz CT molecular complexity index is 414. The number of amides is 1. The highest BCUT2D eigenvalue weighted by Crippen LogP contribution is 2.15. The lowest BCUT2D eigenvalue weighted by atomic mass is 10.2. The van der Waals surface area contributed by atoms with Gasteiger partial charge in [0.05, 0.1) is 7.11 Å². The van der Waals surface area contributed by atoms with Crippen molar-refractivity contribution < 1.29 is 19.1 Å². The van der Waals surface area contributed by atoms with Gasteiger partial charge in [0.2, 0.25) is 0 Å². The van der Waals surface area contributed by atoms with Gasteiger partial charge < -0.3 is 14.8 Å². The number of carbonyl (C=O) groups excluding carboxylic acids is 2. The standard InChI is InChI=1S/C13H17NO4/c1-4-12(18-9(2)15)13(16)14-10-5-7-11(17-3)8-6-10/h5-8,12H,4H2,1-3H3,(H,14,16). The number of rotatable bonds is 5. The molecule has 0 aliphatic heterocycles. The fraction of sp³-hybridized carbons (Fsp3) is 0.385. The topological polar surface area (TPSA) is 64.6 Å². The van der Waals surface area contributed by atoms with Crippen molar-refractivity contribution in [3.8, 4) is 5.75 Å². The molecule has 0 aliphatic carbocycles. The van der Waals surface area contributed by atoms with Gasteiger partial charge >= 0.3 is 5.97 Å². The van der Waals surface area contributed by atoms with E-state index in [4.69, 9.17) is 9.47 Å². The van der Waals surface area contributed by atoms with E-state index < -0.39 is 12.1 Å². The lowest BCUT2D eigenvalue weighted by molar-refractivity contribution is -0.152. The Balaban J connectivity index is 2.64. The van der Waals surface area contributed by atoms with Crippen molar-refractivity contribution in [2.75, 3.05) is 12.4 Å². The molecular weight excluding hydrogens is 234 g/mol. The third-order valence-corrected chi connectivity index (χ3v) is 2.33. The number of esters is 1. The summed E-state index contributed by atoms with van der Waals surface area (Å²) in [6.07, 6.45) is -0.328. The van der Waals surface area contributed by atoms with Gasteiger partial charge in [-0.05, 0) is 30.7 Å². The quantitative estimate of drug-likeness (QED) is 0.813. The maximum Gasteiger partial charge on any atom is 0.303 e. The van der Waals surface area contributed by atoms with Crippen LogP contribution in [0, 0.1) is 0 Å². The van der Waals surface area contributed by atoms with Crippen LogP contribution in [0.5, 0.6) is 5.75 Å². The molecule has 0 heterocycles. The van der Waals surface area contributed by atoms with E-state index in [0.29, 0.717) is 17.9 Å². The van der Waals surface area contributed by atoms with Gasteiger partial charge in [-0.1, -0.05) is 6.92 Å². The number of methoxy groups -OCH3 is 1. The van der Waals surface area contributed by atoms with Gasteiger partial charge in [0.25, 0.3) is 5.91 Å². The molecule has 0 aliphatic rings. The van der Waals surface area contributed by atoms with E-state index in [-0.39, 0.29) is 5.91 Å². The normalized spacial score (nSPS) is 11.5. The Morgan fingerprint density at radius 1 is 1.28 bits per heavy atom. The summed E-state index contributed by atoms with van der Waals surface area (Å²) in [7, 11) is 1.57. The van der Waals surface area contributed by atoms with Crippen LogP contribution in [0.25, 0.3) is 0 Å². The summed E-state index contributed by atoms with van der Waals surface area (Å²) >= 11 is 0. The van der Waals surface area contributed by atoms with Gasteiger partial charge in [-0.2, -0.15) is 0 Å². The highest BCUT2D eigenvalue weighted by Gasteiger charge is 2.19. The zero-order chi connectivity index (χ0) is 13.5. The van der Waals surface area contributed by atoms with Crippen LogP contribution in [-0.4, -0.2) is 25.1 Å². The Morgan fingerprint density at radius 2 is 1.89 bits per heavy atom. The molecule has 0 fully saturated rings. The molecule has 1 amide bonds. The molecule has 1 unspecified atom stereocenters. The summed E-state index contributed by atoms with van der Waals surface area (Å²) in [6.45, 7) is 3.06. The van der Waals surface area contributed by atoms with Gasteiger partial charge in [0.15, 0.2) is 6.10 Å². The number of nitrogens with one attached hydrogen (secondary N) is 1. The molecule has 0 saturated carbocycles. The molecule has 18 heavy (non-hydrogen) atoms. The van der Waals surface area contributed by atoms with E-state index in [9.17, 15) is 9.59 Å². The second kappa shape index (κ2) is 6.64. The average molecular weight is 251 g/mol. The van der Waals surface area contributed by atoms with Gasteiger partial charge in [0, 0.05) is 12.6 Å². The molecule has 1 N–H and O–H groups in total. The summed E-state index contributed by atoms with van der Waals surface area (Å²) in [5.74, 6) is -0.0929. The minimum absolute atomic E-state index is 0.335. The Morgan fingerprint density at radius 3 is 2.33 bits per heavy atom. The fourth-order valence-corrected chi connectivity index (χ4v) is 1.42. The van der Waals surface area contributed by atoms with Crippen LogP contribution in [-0.2, 0) is 14.3 Å². The number of hydrogen-bond acceptors (Lipinski definition) is 4. The van der Waals surface area contributed by atoms with Gasteiger partial charge in [-0.3, -0.25) is 9.59 Å². The number of anilines is 1. The van der Waals surface area contributed by atoms with Crippen molar-refractivity contribution in [3.05, 3.63) is 24.3 Å². The third-order valence-electron chi connectivity index (χ3n) is 2.33. The van der Waals surface area contributed by atoms with Crippen molar-refractivity contribution in [2.45, 2.75) is 26.4 Å². The van der Waals surface area contributed by atoms with Crippen LogP contribution in [0.3, 0.4) is 0 Å². The SMILES string of the molecule is CCC(OC(C)=O)C(=O)Nc1ccc(OC)cc1. The Hall–Kier alpha value is -2.04. The second-order valence-corrected chi connectivity index (χ2v) is 3.72. The van der Waals surface area contributed by atoms with Gasteiger partial charge in [-0.15, -0.1) is 0 Å². The smallest absolute Gasteiger partial charge is 0.303 e. The number of ether oxygens (including phenoxy) is 2. The van der Waals surface area contributed by atoms with E-state index in [2.05, 4.69) is 5.32 Å². The predicted molar refractivity (Wildman–Crippen MR) is 67.5 cm³/mol. The summed E-state index contributed by atoms with van der Waals surface area (Å²) in [6, 6.07) is 6.92. The first-order valence-electron chi connectivity index (χ1n) is 5.69. The van der Waals surface area contributed by atoms with E-state index in [1.54, 1.807) is 38.3 Å². The average Bonchev–Trinajstić information content (AvgIpc) is 2.36. The zero-order valence-corrected chi connectivity index (χ0v) is 10.7. The molecule has 0 saturated heterocycles. The molecule has 0 radical (unpaired) electrons. The Kier molecular flexibility index (Phi) is 5.17. The molecule has 1 aromatic carbocycles. The van der Waals surface area contributed by atoms with E-state index >= 15 is 0 Å². The van der Waals surface area contributed by atoms with Crippen LogP contribution in [0.4, 0.5) is 5.69 Å².